The van der Waals surface area contributed by atoms with Gasteiger partial charge in [-0.05, 0) is 54.9 Å². The Morgan fingerprint density at radius 2 is 1.71 bits per heavy atom. The summed E-state index contributed by atoms with van der Waals surface area (Å²) in [5.41, 5.74) is 9.88. The normalized spacial score (nSPS) is 12.8. The molecule has 0 aliphatic carbocycles. The van der Waals surface area contributed by atoms with Crippen LogP contribution in [0.25, 0.3) is 11.1 Å². The Bertz CT molecular complexity index is 1470. The number of benzene rings is 2. The summed E-state index contributed by atoms with van der Waals surface area (Å²) in [7, 11) is -9.52. The maximum Gasteiger partial charge on any atom is 0.524 e. The number of carbonyl (C=O) groups is 1. The van der Waals surface area contributed by atoms with Crippen LogP contribution in [0.15, 0.2) is 48.5 Å². The number of carbonyl (C=O) groups excluding carboxylic acids is 1. The SMILES string of the molecule is CCCC(C)Cc1c(-c2ccc(OP(=O)(O)O)c(Cl)c2)c(C(N)=O)c(CCc2ccccc2)n1CCCOP(=O)(O)O. The average Bonchev–Trinajstić information content (AvgIpc) is 3.19. The number of hydrogen-bond donors (Lipinski definition) is 5. The number of aromatic nitrogens is 1. The van der Waals surface area contributed by atoms with Gasteiger partial charge in [0.25, 0.3) is 5.91 Å². The minimum atomic E-state index is -4.86. The minimum Gasteiger partial charge on any atom is -0.403 e. The molecule has 0 saturated carbocycles. The molecule has 14 heteroatoms. The quantitative estimate of drug-likeness (QED) is 0.0975. The highest BCUT2D eigenvalue weighted by molar-refractivity contribution is 7.46. The second-order valence-corrected chi connectivity index (χ2v) is 13.0. The molecule has 0 radical (unpaired) electrons. The molecule has 1 aromatic heterocycles. The lowest BCUT2D eigenvalue weighted by molar-refractivity contribution is 0.0999. The van der Waals surface area contributed by atoms with E-state index in [-0.39, 0.29) is 29.7 Å². The summed E-state index contributed by atoms with van der Waals surface area (Å²) >= 11 is 6.38. The fourth-order valence-corrected chi connectivity index (χ4v) is 6.19. The molecule has 6 N–H and O–H groups in total. The number of aryl methyl sites for hydroxylation is 1. The number of primary amides is 1. The first-order valence-corrected chi connectivity index (χ1v) is 17.0. The third kappa shape index (κ3) is 9.79. The van der Waals surface area contributed by atoms with Crippen molar-refractivity contribution in [3.05, 3.63) is 76.1 Å². The van der Waals surface area contributed by atoms with Gasteiger partial charge >= 0.3 is 15.6 Å². The van der Waals surface area contributed by atoms with E-state index in [1.807, 2.05) is 34.9 Å². The Morgan fingerprint density at radius 3 is 2.29 bits per heavy atom. The zero-order valence-electron chi connectivity index (χ0n) is 23.5. The molecule has 0 spiro atoms. The van der Waals surface area contributed by atoms with Crippen molar-refractivity contribution in [2.24, 2.45) is 11.7 Å². The molecule has 230 valence electrons. The molecule has 3 rings (SSSR count). The first-order chi connectivity index (χ1) is 19.7. The van der Waals surface area contributed by atoms with Crippen LogP contribution in [0.4, 0.5) is 0 Å². The first-order valence-electron chi connectivity index (χ1n) is 13.5. The number of halogens is 1. The number of phosphoric acid groups is 2. The minimum absolute atomic E-state index is 0.0626. The monoisotopic (exact) mass is 642 g/mol. The van der Waals surface area contributed by atoms with Gasteiger partial charge in [0.15, 0.2) is 0 Å². The molecule has 3 aromatic rings. The van der Waals surface area contributed by atoms with Crippen molar-refractivity contribution < 1.29 is 42.5 Å². The first kappa shape index (κ1) is 34.0. The Hall–Kier alpha value is -2.46. The van der Waals surface area contributed by atoms with E-state index in [1.165, 1.54) is 12.1 Å². The molecule has 0 fully saturated rings. The fraction of sp³-hybridized carbons (Fsp3) is 0.393. The van der Waals surface area contributed by atoms with Crippen LogP contribution < -0.4 is 10.3 Å². The summed E-state index contributed by atoms with van der Waals surface area (Å²) in [6.45, 7) is 4.27. The largest absolute Gasteiger partial charge is 0.524 e. The number of rotatable bonds is 16. The smallest absolute Gasteiger partial charge is 0.403 e. The molecule has 0 aliphatic rings. The van der Waals surface area contributed by atoms with Crippen molar-refractivity contribution in [3.63, 3.8) is 0 Å². The molecular weight excluding hydrogens is 606 g/mol. The van der Waals surface area contributed by atoms with Gasteiger partial charge in [0.2, 0.25) is 0 Å². The highest BCUT2D eigenvalue weighted by Crippen LogP contribution is 2.44. The van der Waals surface area contributed by atoms with Crippen molar-refractivity contribution in [2.75, 3.05) is 6.61 Å². The van der Waals surface area contributed by atoms with Crippen LogP contribution in [-0.2, 0) is 39.5 Å². The third-order valence-corrected chi connectivity index (χ3v) is 8.01. The summed E-state index contributed by atoms with van der Waals surface area (Å²) in [6, 6.07) is 14.1. The molecule has 11 nitrogen and oxygen atoms in total. The van der Waals surface area contributed by atoms with Gasteiger partial charge in [-0.1, -0.05) is 74.7 Å². The number of hydrogen-bond acceptors (Lipinski definition) is 5. The molecule has 1 unspecified atom stereocenters. The lowest BCUT2D eigenvalue weighted by Crippen LogP contribution is -2.16. The van der Waals surface area contributed by atoms with Gasteiger partial charge in [-0.2, -0.15) is 0 Å². The van der Waals surface area contributed by atoms with Crippen molar-refractivity contribution in [1.82, 2.24) is 4.57 Å². The van der Waals surface area contributed by atoms with E-state index in [4.69, 9.17) is 31.6 Å². The molecular formula is C28H37ClN2O9P2. The Kier molecular flexibility index (Phi) is 12.0. The number of amides is 1. The zero-order valence-corrected chi connectivity index (χ0v) is 26.0. The summed E-state index contributed by atoms with van der Waals surface area (Å²) in [5.74, 6) is -0.660. The predicted molar refractivity (Wildman–Crippen MR) is 160 cm³/mol. The predicted octanol–water partition coefficient (Wildman–Crippen LogP) is 5.64. The second-order valence-electron chi connectivity index (χ2n) is 10.1. The van der Waals surface area contributed by atoms with E-state index < -0.39 is 21.6 Å². The summed E-state index contributed by atoms with van der Waals surface area (Å²) in [6.07, 6.45) is 3.71. The maximum atomic E-state index is 13.1. The van der Waals surface area contributed by atoms with Gasteiger partial charge < -0.3 is 24.6 Å². The molecule has 1 heterocycles. The van der Waals surface area contributed by atoms with E-state index in [0.717, 1.165) is 24.1 Å². The highest BCUT2D eigenvalue weighted by Gasteiger charge is 2.29. The van der Waals surface area contributed by atoms with Crippen LogP contribution in [0, 0.1) is 5.92 Å². The summed E-state index contributed by atoms with van der Waals surface area (Å²) in [4.78, 5) is 49.9. The van der Waals surface area contributed by atoms with Crippen LogP contribution in [0.2, 0.25) is 5.02 Å². The number of phosphoric ester groups is 2. The number of nitrogens with zero attached hydrogens (tertiary/aromatic N) is 1. The van der Waals surface area contributed by atoms with Gasteiger partial charge in [-0.3, -0.25) is 19.1 Å². The Morgan fingerprint density at radius 1 is 1.02 bits per heavy atom. The molecule has 1 atom stereocenters. The van der Waals surface area contributed by atoms with Gasteiger partial charge in [-0.15, -0.1) is 0 Å². The zero-order chi connectivity index (χ0) is 31.1. The van der Waals surface area contributed by atoms with Crippen LogP contribution in [0.5, 0.6) is 5.75 Å². The molecule has 0 saturated heterocycles. The van der Waals surface area contributed by atoms with Gasteiger partial charge in [0, 0.05) is 23.5 Å². The molecule has 0 bridgehead atoms. The van der Waals surface area contributed by atoms with E-state index in [9.17, 15) is 23.7 Å². The Labute approximate surface area is 250 Å². The highest BCUT2D eigenvalue weighted by atomic mass is 35.5. The van der Waals surface area contributed by atoms with Crippen LogP contribution in [0.1, 0.15) is 60.4 Å². The van der Waals surface area contributed by atoms with E-state index in [2.05, 4.69) is 18.4 Å². The van der Waals surface area contributed by atoms with Crippen molar-refractivity contribution in [3.8, 4) is 16.9 Å². The topological polar surface area (TPSA) is 182 Å². The standard InChI is InChI=1S/C28H37ClN2O9P2/c1-3-8-19(2)17-24-26(21-12-14-25(22(29)18-21)40-42(36,37)38)27(28(30)32)23(13-11-20-9-5-4-6-10-20)31(24)15-7-16-39-41(33,34)35/h4-6,9-10,12,14,18-19H,3,7-8,11,13,15-17H2,1-2H3,(H2,30,32)(H2,33,34,35)(H2,36,37,38). The third-order valence-electron chi connectivity index (χ3n) is 6.77. The molecule has 2 aromatic carbocycles. The van der Waals surface area contributed by atoms with Crippen LogP contribution >= 0.6 is 27.2 Å². The van der Waals surface area contributed by atoms with Gasteiger partial charge in [0.05, 0.1) is 17.2 Å². The van der Waals surface area contributed by atoms with E-state index in [1.54, 1.807) is 6.07 Å². The molecule has 42 heavy (non-hydrogen) atoms. The number of nitrogens with two attached hydrogens (primary N) is 1. The fourth-order valence-electron chi connectivity index (χ4n) is 5.14. The van der Waals surface area contributed by atoms with Crippen molar-refractivity contribution in [1.29, 1.82) is 0 Å². The average molecular weight is 643 g/mol. The lowest BCUT2D eigenvalue weighted by Gasteiger charge is -2.18. The summed E-state index contributed by atoms with van der Waals surface area (Å²) in [5, 5.41) is -0.0626. The molecule has 0 aliphatic heterocycles. The van der Waals surface area contributed by atoms with E-state index in [0.29, 0.717) is 48.2 Å². The van der Waals surface area contributed by atoms with Crippen LogP contribution in [0.3, 0.4) is 0 Å². The van der Waals surface area contributed by atoms with Crippen molar-refractivity contribution >= 4 is 33.2 Å². The maximum absolute atomic E-state index is 13.1. The van der Waals surface area contributed by atoms with Gasteiger partial charge in [-0.25, -0.2) is 9.13 Å². The summed E-state index contributed by atoms with van der Waals surface area (Å²) < 4.78 is 34.0. The van der Waals surface area contributed by atoms with Crippen molar-refractivity contribution in [2.45, 2.75) is 58.9 Å². The van der Waals surface area contributed by atoms with E-state index >= 15 is 0 Å². The second kappa shape index (κ2) is 14.8. The Balaban J connectivity index is 2.21. The molecule has 1 amide bonds. The van der Waals surface area contributed by atoms with Crippen LogP contribution in [-0.4, -0.2) is 36.7 Å². The lowest BCUT2D eigenvalue weighted by atomic mass is 9.93. The van der Waals surface area contributed by atoms with Gasteiger partial charge in [0.1, 0.15) is 5.75 Å².